The van der Waals surface area contributed by atoms with Crippen molar-refractivity contribution in [2.24, 2.45) is 20.5 Å². The Morgan fingerprint density at radius 2 is 0.697 bits per heavy atom. The van der Waals surface area contributed by atoms with Crippen LogP contribution in [-0.4, -0.2) is 39.4 Å². The molecule has 8 aromatic carbocycles. The fourth-order valence-electron chi connectivity index (χ4n) is 7.82. The maximum atomic E-state index is 12.0. The average Bonchev–Trinajstić information content (AvgIpc) is 1.46. The van der Waals surface area contributed by atoms with Crippen molar-refractivity contribution in [2.75, 3.05) is 49.2 Å². The van der Waals surface area contributed by atoms with Gasteiger partial charge in [0, 0.05) is 60.8 Å². The van der Waals surface area contributed by atoms with E-state index in [0.717, 1.165) is 58.3 Å². The van der Waals surface area contributed by atoms with Gasteiger partial charge in [0.15, 0.2) is 0 Å². The van der Waals surface area contributed by atoms with Crippen LogP contribution >= 0.6 is 38.8 Å². The normalized spacial score (nSPS) is 13.1. The minimum Gasteiger partial charge on any atom is -0.214 e. The number of anilines is 2. The SMILES string of the molecule is CCN(CCOC([O-])=C1C=CC=C1)c1ccc(N=Nc2ccc(Oc3ccc(Cl)cc3)cc2)c(C)c1.CCN(CCOC([O-])=C1C=CC=C1)c1ccc(N=Nc2ccc(Oc3ccc(Cl)cc3)cc2)c(C)c1.F[P-](F)(F)(F)(F)F.F[P-](F)(F)(F)(F)F.[Fe+2].[Fe+2].[Fe+2].c1cc[cH-]c1.c1cc[cH-]c1. The fourth-order valence-corrected chi connectivity index (χ4v) is 8.08. The average molecular weight is 1590 g/mol. The third-order valence-electron chi connectivity index (χ3n) is 12.3. The minimum absolute atomic E-state index is 0. The molecule has 0 bridgehead atoms. The monoisotopic (exact) mass is 1590 g/mol. The van der Waals surface area contributed by atoms with Crippen LogP contribution in [0.25, 0.3) is 0 Å². The number of nitrogens with zero attached hydrogens (tertiary/aromatic N) is 6. The third kappa shape index (κ3) is 40.2. The van der Waals surface area contributed by atoms with Crippen LogP contribution in [-0.2, 0) is 60.7 Å². The van der Waals surface area contributed by atoms with E-state index in [4.69, 9.17) is 42.1 Å². The largest absolute Gasteiger partial charge is 2.00 e. The number of azo groups is 2. The second kappa shape index (κ2) is 38.7. The molecule has 2 aliphatic rings. The molecule has 0 unspecified atom stereocenters. The summed E-state index contributed by atoms with van der Waals surface area (Å²) in [6, 6.07) is 61.3. The maximum Gasteiger partial charge on any atom is 2.00 e. The van der Waals surface area contributed by atoms with E-state index in [1.165, 1.54) is 0 Å². The summed E-state index contributed by atoms with van der Waals surface area (Å²) in [5, 5.41) is 43.0. The van der Waals surface area contributed by atoms with Crippen molar-refractivity contribution in [2.45, 2.75) is 27.7 Å². The van der Waals surface area contributed by atoms with E-state index in [2.05, 4.69) is 56.2 Å². The van der Waals surface area contributed by atoms with Gasteiger partial charge < -0.3 is 39.0 Å². The molecule has 0 amide bonds. The van der Waals surface area contributed by atoms with Crippen LogP contribution in [0, 0.1) is 13.8 Å². The van der Waals surface area contributed by atoms with Crippen molar-refractivity contribution >= 4 is 72.9 Å². The number of aryl methyl sites for hydroxylation is 2. The van der Waals surface area contributed by atoms with Crippen molar-refractivity contribution in [1.29, 1.82) is 0 Å². The summed E-state index contributed by atoms with van der Waals surface area (Å²) in [6.07, 6.45) is 14.3. The Labute approximate surface area is 607 Å². The number of benzene rings is 6. The molecule has 0 fully saturated rings. The molecule has 0 heterocycles. The van der Waals surface area contributed by atoms with E-state index in [1.807, 2.05) is 196 Å². The van der Waals surface area contributed by atoms with Gasteiger partial charge in [0.2, 0.25) is 0 Å². The molecular weight excluding hydrogens is 1530 g/mol. The zero-order chi connectivity index (χ0) is 70.5. The van der Waals surface area contributed by atoms with Crippen LogP contribution in [0.1, 0.15) is 25.0 Å². The van der Waals surface area contributed by atoms with E-state index in [-0.39, 0.29) is 63.1 Å². The summed E-state index contributed by atoms with van der Waals surface area (Å²) >= 11 is 11.8. The first kappa shape index (κ1) is 87.3. The van der Waals surface area contributed by atoms with E-state index in [9.17, 15) is 60.6 Å². The van der Waals surface area contributed by atoms with Gasteiger partial charge >= 0.3 is 117 Å². The van der Waals surface area contributed by atoms with Crippen molar-refractivity contribution in [1.82, 2.24) is 0 Å². The van der Waals surface area contributed by atoms with Crippen LogP contribution in [0.4, 0.5) is 84.5 Å². The molecule has 2 aliphatic carbocycles. The first-order chi connectivity index (χ1) is 44.9. The van der Waals surface area contributed by atoms with Crippen molar-refractivity contribution in [3.63, 3.8) is 0 Å². The van der Waals surface area contributed by atoms with Crippen molar-refractivity contribution in [3.05, 3.63) is 287 Å². The van der Waals surface area contributed by atoms with Crippen LogP contribution in [0.5, 0.6) is 23.0 Å². The summed E-state index contributed by atoms with van der Waals surface area (Å²) in [5.74, 6) is 2.24. The van der Waals surface area contributed by atoms with E-state index in [1.54, 1.807) is 48.6 Å². The second-order valence-corrected chi connectivity index (χ2v) is 24.8. The summed E-state index contributed by atoms with van der Waals surface area (Å²) in [5.41, 5.74) is 8.28. The molecule has 0 aromatic heterocycles. The van der Waals surface area contributed by atoms with Crippen LogP contribution in [0.15, 0.2) is 286 Å². The molecule has 534 valence electrons. The first-order valence-corrected chi connectivity index (χ1v) is 33.6. The molecule has 0 atom stereocenters. The van der Waals surface area contributed by atoms with Gasteiger partial charge in [-0.15, -0.1) is 0 Å². The summed E-state index contributed by atoms with van der Waals surface area (Å²) in [4.78, 5) is 4.32. The van der Waals surface area contributed by atoms with Gasteiger partial charge in [-0.05, 0) is 183 Å². The van der Waals surface area contributed by atoms with E-state index < -0.39 is 15.6 Å². The van der Waals surface area contributed by atoms with Gasteiger partial charge in [-0.3, -0.25) is 0 Å². The molecule has 0 N–H and O–H groups in total. The molecule has 0 spiro atoms. The Morgan fingerprint density at radius 3 is 0.939 bits per heavy atom. The van der Waals surface area contributed by atoms with Gasteiger partial charge in [-0.1, -0.05) is 71.8 Å². The molecule has 0 radical (unpaired) electrons. The minimum atomic E-state index is -10.7. The van der Waals surface area contributed by atoms with Gasteiger partial charge in [0.05, 0.1) is 34.6 Å². The second-order valence-electron chi connectivity index (χ2n) is 20.1. The van der Waals surface area contributed by atoms with Crippen LogP contribution in [0.3, 0.4) is 0 Å². The quantitative estimate of drug-likeness (QED) is 0.0184. The summed E-state index contributed by atoms with van der Waals surface area (Å²) in [7, 11) is -21.3. The molecule has 10 rings (SSSR count). The molecule has 31 heteroatoms. The predicted octanol–water partition coefficient (Wildman–Crippen LogP) is 24.4. The molecule has 8 aromatic rings. The van der Waals surface area contributed by atoms with E-state index >= 15 is 0 Å². The Balaban J connectivity index is 0.000000492. The number of hydrogen-bond acceptors (Lipinski definition) is 12. The standard InChI is InChI=1S/2C29H28ClN3O3.2C5H5.2F6P.3Fe/c2*1-3-33(18-19-35-29(34)22-6-4-5-7-22)25-12-17-28(21(2)20-25)32-31-24-10-15-27(16-11-24)36-26-13-8-23(30)9-14-26;2*1-2-4-5-3-1;2*1-7(2,3,4,5)6;;;/h2*4-17,20,34H,3,18-19H2,1-2H3;2*1-5H;;;;;/q;;4*-1;3*+2/p-2. The van der Waals surface area contributed by atoms with Gasteiger partial charge in [0.25, 0.3) is 0 Å². The van der Waals surface area contributed by atoms with Gasteiger partial charge in [-0.25, -0.2) is 24.3 Å². The maximum absolute atomic E-state index is 12.0. The number of hydrogen-bond donors (Lipinski definition) is 0. The van der Waals surface area contributed by atoms with Crippen LogP contribution < -0.4 is 29.5 Å². The molecule has 99 heavy (non-hydrogen) atoms. The van der Waals surface area contributed by atoms with Crippen molar-refractivity contribution < 1.29 is 131 Å². The summed E-state index contributed by atoms with van der Waals surface area (Å²) < 4.78 is 141. The zero-order valence-corrected chi connectivity index (χ0v) is 59.3. The van der Waals surface area contributed by atoms with Crippen molar-refractivity contribution in [3.8, 4) is 23.0 Å². The number of halogens is 14. The number of likely N-dealkylation sites (N-methyl/N-ethyl adjacent to an activating group) is 2. The molecular formula is C68H64Cl2F12Fe3N6O6P2. The van der Waals surface area contributed by atoms with E-state index in [0.29, 0.717) is 70.5 Å². The number of ether oxygens (including phenoxy) is 4. The molecule has 12 nitrogen and oxygen atoms in total. The predicted molar refractivity (Wildman–Crippen MR) is 356 cm³/mol. The summed E-state index contributed by atoms with van der Waals surface area (Å²) in [6.45, 7) is 11.6. The Bertz CT molecular complexity index is 3650. The molecule has 0 saturated heterocycles. The Hall–Kier alpha value is -7.78. The topological polar surface area (TPSA) is 139 Å². The van der Waals surface area contributed by atoms with Crippen LogP contribution in [0.2, 0.25) is 10.0 Å². The molecule has 0 saturated carbocycles. The fraction of sp³-hybridized carbons (Fsp3) is 0.147. The Morgan fingerprint density at radius 1 is 0.424 bits per heavy atom. The number of allylic oxidation sites excluding steroid dienone is 10. The third-order valence-corrected chi connectivity index (χ3v) is 12.8. The van der Waals surface area contributed by atoms with Gasteiger partial charge in [0.1, 0.15) is 23.0 Å². The smallest absolute Gasteiger partial charge is 0.214 e. The number of rotatable bonds is 20. The zero-order valence-electron chi connectivity index (χ0n) is 52.7. The first-order valence-electron chi connectivity index (χ1n) is 28.8. The molecule has 0 aliphatic heterocycles. The van der Waals surface area contributed by atoms with Gasteiger partial charge in [-0.2, -0.15) is 56.9 Å². The Kier molecular flexibility index (Phi) is 34.1.